The van der Waals surface area contributed by atoms with Gasteiger partial charge in [-0.3, -0.25) is 4.79 Å². The zero-order chi connectivity index (χ0) is 23.6. The number of carbonyl (C=O) groups excluding carboxylic acids is 1. The molecule has 8 nitrogen and oxygen atoms in total. The van der Waals surface area contributed by atoms with Crippen LogP contribution in [0.2, 0.25) is 0 Å². The van der Waals surface area contributed by atoms with Crippen molar-refractivity contribution in [2.45, 2.75) is 93.5 Å². The number of fused-ring (bicyclic) bond motifs is 1. The van der Waals surface area contributed by atoms with Gasteiger partial charge in [0.15, 0.2) is 0 Å². The Morgan fingerprint density at radius 1 is 1.22 bits per heavy atom. The maximum absolute atomic E-state index is 13.3. The summed E-state index contributed by atoms with van der Waals surface area (Å²) >= 11 is 7.62. The summed E-state index contributed by atoms with van der Waals surface area (Å²) in [5.74, 6) is 1.26. The number of hydrogen-bond acceptors (Lipinski definition) is 8. The normalized spacial score (nSPS) is 42.2. The summed E-state index contributed by atoms with van der Waals surface area (Å²) in [4.78, 5) is 13.3. The largest absolute Gasteiger partial charge is 0.388 e. The SMILES string of the molecule is CSC1O[C@H]([C@H](NC(=O)[C@H]2NCC3C[C@H](CC(C)C)CCO[C@H]32)[C@H](C)Cl)C(O)C(O)[C@H]1O. The molecule has 0 aromatic rings. The second-order valence-electron chi connectivity index (χ2n) is 9.89. The highest BCUT2D eigenvalue weighted by atomic mass is 35.5. The summed E-state index contributed by atoms with van der Waals surface area (Å²) in [5, 5.41) is 36.6. The van der Waals surface area contributed by atoms with Gasteiger partial charge in [0.2, 0.25) is 5.91 Å². The van der Waals surface area contributed by atoms with E-state index in [1.54, 1.807) is 13.2 Å². The van der Waals surface area contributed by atoms with E-state index in [4.69, 9.17) is 21.1 Å². The highest BCUT2D eigenvalue weighted by Crippen LogP contribution is 2.34. The Morgan fingerprint density at radius 2 is 1.94 bits per heavy atom. The van der Waals surface area contributed by atoms with E-state index in [1.165, 1.54) is 11.8 Å². The second kappa shape index (κ2) is 11.5. The molecule has 0 radical (unpaired) electrons. The highest BCUT2D eigenvalue weighted by molar-refractivity contribution is 7.99. The van der Waals surface area contributed by atoms with Crippen LogP contribution in [0.15, 0.2) is 0 Å². The molecule has 11 atom stereocenters. The van der Waals surface area contributed by atoms with Gasteiger partial charge in [-0.1, -0.05) is 13.8 Å². The number of ether oxygens (including phenoxy) is 2. The fraction of sp³-hybridized carbons (Fsp3) is 0.955. The van der Waals surface area contributed by atoms with Crippen molar-refractivity contribution in [2.75, 3.05) is 19.4 Å². The lowest BCUT2D eigenvalue weighted by atomic mass is 9.85. The Morgan fingerprint density at radius 3 is 2.56 bits per heavy atom. The Hall–Kier alpha value is -0.130. The maximum atomic E-state index is 13.3. The van der Waals surface area contributed by atoms with Crippen molar-refractivity contribution in [1.82, 2.24) is 10.6 Å². The molecular formula is C22H39ClN2O6S. The highest BCUT2D eigenvalue weighted by Gasteiger charge is 2.49. The quantitative estimate of drug-likeness (QED) is 0.328. The average Bonchev–Trinajstić information content (AvgIpc) is 3.02. The van der Waals surface area contributed by atoms with E-state index < -0.39 is 47.3 Å². The molecule has 3 fully saturated rings. The topological polar surface area (TPSA) is 120 Å². The number of thioether (sulfide) groups is 1. The van der Waals surface area contributed by atoms with Crippen LogP contribution in [0.1, 0.15) is 40.0 Å². The van der Waals surface area contributed by atoms with Crippen LogP contribution in [0.3, 0.4) is 0 Å². The Labute approximate surface area is 200 Å². The van der Waals surface area contributed by atoms with Crippen LogP contribution in [-0.4, -0.2) is 94.1 Å². The standard InChI is InChI=1S/C22H39ClN2O6S/c1-10(2)7-12-5-6-30-19-13(8-12)9-24-15(19)21(29)25-14(11(3)23)20-17(27)16(26)18(28)22(31-20)32-4/h10-20,22,24,26-28H,5-9H2,1-4H3,(H,25,29)/t11-,12-,13?,14+,15-,16?,17?,18+,19+,20+,22?/m0/s1. The average molecular weight is 495 g/mol. The summed E-state index contributed by atoms with van der Waals surface area (Å²) in [6.07, 6.45) is -0.199. The number of carbonyl (C=O) groups is 1. The minimum absolute atomic E-state index is 0.206. The summed E-state index contributed by atoms with van der Waals surface area (Å²) in [6, 6.07) is -1.26. The van der Waals surface area contributed by atoms with Gasteiger partial charge in [-0.2, -0.15) is 0 Å². The molecule has 32 heavy (non-hydrogen) atoms. The van der Waals surface area contributed by atoms with Crippen LogP contribution < -0.4 is 10.6 Å². The minimum Gasteiger partial charge on any atom is -0.388 e. The summed E-state index contributed by atoms with van der Waals surface area (Å²) in [6.45, 7) is 7.54. The van der Waals surface area contributed by atoms with Crippen LogP contribution in [0.5, 0.6) is 0 Å². The lowest BCUT2D eigenvalue weighted by molar-refractivity contribution is -0.205. The molecule has 3 aliphatic heterocycles. The molecule has 0 saturated carbocycles. The van der Waals surface area contributed by atoms with E-state index in [0.29, 0.717) is 18.4 Å². The number of halogens is 1. The van der Waals surface area contributed by atoms with Crippen LogP contribution >= 0.6 is 23.4 Å². The van der Waals surface area contributed by atoms with E-state index in [2.05, 4.69) is 24.5 Å². The molecule has 0 aliphatic carbocycles. The lowest BCUT2D eigenvalue weighted by Crippen LogP contribution is -2.65. The maximum Gasteiger partial charge on any atom is 0.240 e. The molecule has 1 amide bonds. The first kappa shape index (κ1) is 26.5. The number of aliphatic hydroxyl groups excluding tert-OH is 3. The Kier molecular flexibility index (Phi) is 9.54. The molecule has 3 heterocycles. The van der Waals surface area contributed by atoms with Gasteiger partial charge in [-0.05, 0) is 50.2 Å². The Balaban J connectivity index is 1.68. The first-order valence-electron chi connectivity index (χ1n) is 11.7. The second-order valence-corrected chi connectivity index (χ2v) is 11.5. The van der Waals surface area contributed by atoms with Crippen LogP contribution in [0.4, 0.5) is 0 Å². The van der Waals surface area contributed by atoms with Gasteiger partial charge < -0.3 is 35.4 Å². The third-order valence-corrected chi connectivity index (χ3v) is 8.08. The van der Waals surface area contributed by atoms with Crippen molar-refractivity contribution in [3.8, 4) is 0 Å². The molecule has 5 N–H and O–H groups in total. The fourth-order valence-corrected chi connectivity index (χ4v) is 6.24. The van der Waals surface area contributed by atoms with Crippen LogP contribution in [0, 0.1) is 17.8 Å². The van der Waals surface area contributed by atoms with E-state index in [9.17, 15) is 20.1 Å². The molecule has 3 aliphatic rings. The Bertz CT molecular complexity index is 627. The van der Waals surface area contributed by atoms with Crippen LogP contribution in [-0.2, 0) is 14.3 Å². The number of rotatable bonds is 7. The molecule has 3 saturated heterocycles. The number of hydrogen-bond donors (Lipinski definition) is 5. The van der Waals surface area contributed by atoms with Crippen LogP contribution in [0.25, 0.3) is 0 Å². The van der Waals surface area contributed by atoms with Gasteiger partial charge in [0.25, 0.3) is 0 Å². The van der Waals surface area contributed by atoms with Crippen molar-refractivity contribution in [3.63, 3.8) is 0 Å². The van der Waals surface area contributed by atoms with Crippen molar-refractivity contribution in [1.29, 1.82) is 0 Å². The minimum atomic E-state index is -1.39. The van der Waals surface area contributed by atoms with Gasteiger partial charge in [-0.25, -0.2) is 0 Å². The van der Waals surface area contributed by atoms with Gasteiger partial charge >= 0.3 is 0 Å². The molecule has 4 unspecified atom stereocenters. The van der Waals surface area contributed by atoms with Gasteiger partial charge in [0, 0.05) is 13.2 Å². The van der Waals surface area contributed by atoms with Crippen molar-refractivity contribution in [3.05, 3.63) is 0 Å². The van der Waals surface area contributed by atoms with Gasteiger partial charge in [-0.15, -0.1) is 23.4 Å². The predicted octanol–water partition coefficient (Wildman–Crippen LogP) is 0.698. The molecular weight excluding hydrogens is 456 g/mol. The van der Waals surface area contributed by atoms with E-state index in [0.717, 1.165) is 25.8 Å². The number of alkyl halides is 1. The van der Waals surface area contributed by atoms with Gasteiger partial charge in [0.1, 0.15) is 35.9 Å². The number of nitrogens with one attached hydrogen (secondary N) is 2. The van der Waals surface area contributed by atoms with Crippen molar-refractivity contribution in [2.24, 2.45) is 17.8 Å². The summed E-state index contributed by atoms with van der Waals surface area (Å²) < 4.78 is 12.0. The molecule has 0 bridgehead atoms. The third-order valence-electron chi connectivity index (χ3n) is 6.95. The summed E-state index contributed by atoms with van der Waals surface area (Å²) in [5.41, 5.74) is -0.731. The van der Waals surface area contributed by atoms with E-state index in [-0.39, 0.29) is 17.9 Å². The molecule has 0 aromatic carbocycles. The summed E-state index contributed by atoms with van der Waals surface area (Å²) in [7, 11) is 0. The third kappa shape index (κ3) is 5.92. The predicted molar refractivity (Wildman–Crippen MR) is 125 cm³/mol. The first-order chi connectivity index (χ1) is 15.1. The molecule has 10 heteroatoms. The lowest BCUT2D eigenvalue weighted by Gasteiger charge is -2.44. The molecule has 0 spiro atoms. The molecule has 186 valence electrons. The number of aliphatic hydroxyl groups is 3. The van der Waals surface area contributed by atoms with Gasteiger partial charge in [0.05, 0.1) is 17.5 Å². The smallest absolute Gasteiger partial charge is 0.240 e. The van der Waals surface area contributed by atoms with Crippen molar-refractivity contribution >= 4 is 29.3 Å². The zero-order valence-electron chi connectivity index (χ0n) is 19.3. The van der Waals surface area contributed by atoms with E-state index in [1.807, 2.05) is 0 Å². The zero-order valence-corrected chi connectivity index (χ0v) is 20.9. The fourth-order valence-electron chi connectivity index (χ4n) is 5.35. The molecule has 3 rings (SSSR count). The van der Waals surface area contributed by atoms with E-state index >= 15 is 0 Å². The number of amides is 1. The monoisotopic (exact) mass is 494 g/mol. The van der Waals surface area contributed by atoms with Crippen molar-refractivity contribution < 1.29 is 29.6 Å². The molecule has 0 aromatic heterocycles. The first-order valence-corrected chi connectivity index (χ1v) is 13.4.